The molecule has 0 aliphatic carbocycles. The van der Waals surface area contributed by atoms with Gasteiger partial charge in [-0.15, -0.1) is 0 Å². The Hall–Kier alpha value is -1.60. The molecule has 2 fully saturated rings. The van der Waals surface area contributed by atoms with Gasteiger partial charge in [-0.1, -0.05) is 0 Å². The Morgan fingerprint density at radius 3 is 2.65 bits per heavy atom. The van der Waals surface area contributed by atoms with Gasteiger partial charge in [0.2, 0.25) is 0 Å². The van der Waals surface area contributed by atoms with Crippen molar-refractivity contribution >= 4 is 12.1 Å². The molecule has 2 atom stereocenters. The molecular formula is C19H29NO6. The van der Waals surface area contributed by atoms with Gasteiger partial charge in [0.15, 0.2) is 11.9 Å². The zero-order valence-electron chi connectivity index (χ0n) is 15.9. The quantitative estimate of drug-likeness (QED) is 0.712. The third-order valence-corrected chi connectivity index (χ3v) is 4.95. The summed E-state index contributed by atoms with van der Waals surface area (Å²) in [4.78, 5) is 26.4. The number of esters is 1. The molecule has 0 spiro atoms. The van der Waals surface area contributed by atoms with Crippen LogP contribution in [0.1, 0.15) is 52.9 Å². The third kappa shape index (κ3) is 4.38. The lowest BCUT2D eigenvalue weighted by atomic mass is 9.83. The van der Waals surface area contributed by atoms with Crippen molar-refractivity contribution in [3.8, 4) is 0 Å². The second-order valence-corrected chi connectivity index (χ2v) is 8.10. The molecule has 3 heterocycles. The SMILES string of the molecule is CC(C)(C)OC(=O)N1CCCC[C@@H]1[C@]1(CCC2OCCO2)C=CC(=O)O1. The average molecular weight is 367 g/mol. The number of carbonyl (C=O) groups is 2. The topological polar surface area (TPSA) is 74.3 Å². The van der Waals surface area contributed by atoms with E-state index in [0.717, 1.165) is 19.3 Å². The van der Waals surface area contributed by atoms with Crippen LogP contribution in [0.5, 0.6) is 0 Å². The van der Waals surface area contributed by atoms with Gasteiger partial charge in [-0.05, 0) is 52.5 Å². The molecule has 2 saturated heterocycles. The molecule has 0 radical (unpaired) electrons. The van der Waals surface area contributed by atoms with E-state index in [1.165, 1.54) is 6.08 Å². The van der Waals surface area contributed by atoms with Crippen LogP contribution in [-0.4, -0.2) is 60.3 Å². The van der Waals surface area contributed by atoms with Gasteiger partial charge >= 0.3 is 12.1 Å². The number of piperidine rings is 1. The number of cyclic esters (lactones) is 1. The number of amides is 1. The first-order chi connectivity index (χ1) is 12.3. The van der Waals surface area contributed by atoms with Gasteiger partial charge in [-0.3, -0.25) is 0 Å². The highest BCUT2D eigenvalue weighted by Gasteiger charge is 2.49. The van der Waals surface area contributed by atoms with Crippen LogP contribution in [0.4, 0.5) is 4.79 Å². The van der Waals surface area contributed by atoms with Crippen LogP contribution in [0.25, 0.3) is 0 Å². The normalized spacial score (nSPS) is 29.9. The van der Waals surface area contributed by atoms with Gasteiger partial charge in [-0.2, -0.15) is 0 Å². The van der Waals surface area contributed by atoms with E-state index in [4.69, 9.17) is 18.9 Å². The lowest BCUT2D eigenvalue weighted by molar-refractivity contribution is -0.155. The van der Waals surface area contributed by atoms with Crippen molar-refractivity contribution in [3.63, 3.8) is 0 Å². The van der Waals surface area contributed by atoms with E-state index in [1.54, 1.807) is 11.0 Å². The first-order valence-electron chi connectivity index (χ1n) is 9.44. The zero-order chi connectivity index (χ0) is 18.8. The Kier molecular flexibility index (Phi) is 5.58. The van der Waals surface area contributed by atoms with Crippen molar-refractivity contribution in [2.24, 2.45) is 0 Å². The van der Waals surface area contributed by atoms with E-state index in [0.29, 0.717) is 32.6 Å². The van der Waals surface area contributed by atoms with Crippen LogP contribution < -0.4 is 0 Å². The Labute approximate surface area is 154 Å². The number of hydrogen-bond acceptors (Lipinski definition) is 6. The summed E-state index contributed by atoms with van der Waals surface area (Å²) in [5.41, 5.74) is -1.41. The molecule has 0 N–H and O–H groups in total. The third-order valence-electron chi connectivity index (χ3n) is 4.95. The minimum atomic E-state index is -0.844. The molecular weight excluding hydrogens is 338 g/mol. The van der Waals surface area contributed by atoms with Crippen LogP contribution in [0.15, 0.2) is 12.2 Å². The van der Waals surface area contributed by atoms with Gasteiger partial charge in [0.1, 0.15) is 5.60 Å². The van der Waals surface area contributed by atoms with Crippen molar-refractivity contribution in [3.05, 3.63) is 12.2 Å². The summed E-state index contributed by atoms with van der Waals surface area (Å²) in [5.74, 6) is -0.368. The fraction of sp³-hybridized carbons (Fsp3) is 0.789. The minimum absolute atomic E-state index is 0.241. The molecule has 0 aromatic heterocycles. The van der Waals surface area contributed by atoms with Crippen LogP contribution in [0.2, 0.25) is 0 Å². The Bertz CT molecular complexity index is 563. The van der Waals surface area contributed by atoms with Gasteiger partial charge < -0.3 is 23.8 Å². The Morgan fingerprint density at radius 1 is 1.31 bits per heavy atom. The maximum Gasteiger partial charge on any atom is 0.410 e. The first-order valence-corrected chi connectivity index (χ1v) is 9.44. The molecule has 0 aromatic carbocycles. The van der Waals surface area contributed by atoms with E-state index in [-0.39, 0.29) is 24.4 Å². The van der Waals surface area contributed by atoms with E-state index >= 15 is 0 Å². The number of rotatable bonds is 4. The fourth-order valence-corrected chi connectivity index (χ4v) is 3.84. The summed E-state index contributed by atoms with van der Waals surface area (Å²) in [6.07, 6.45) is 6.44. The summed E-state index contributed by atoms with van der Waals surface area (Å²) in [5, 5.41) is 0. The molecule has 0 bridgehead atoms. The lowest BCUT2D eigenvalue weighted by Gasteiger charge is -2.45. The summed E-state index contributed by atoms with van der Waals surface area (Å²) < 4.78 is 22.4. The zero-order valence-corrected chi connectivity index (χ0v) is 15.9. The monoisotopic (exact) mass is 367 g/mol. The molecule has 3 aliphatic heterocycles. The largest absolute Gasteiger partial charge is 0.449 e. The van der Waals surface area contributed by atoms with Gasteiger partial charge in [0.05, 0.1) is 19.3 Å². The molecule has 3 rings (SSSR count). The standard InChI is InChI=1S/C19H29NO6/c1-18(2,3)26-17(22)20-11-5-4-6-14(20)19(9-7-15(21)25-19)10-8-16-23-12-13-24-16/h7,9,14,16H,4-6,8,10-13H2,1-3H3/t14-,19-/m1/s1. The number of likely N-dealkylation sites (tertiary alicyclic amines) is 1. The average Bonchev–Trinajstić information content (AvgIpc) is 3.22. The maximum absolute atomic E-state index is 12.8. The predicted octanol–water partition coefficient (Wildman–Crippen LogP) is 2.78. The van der Waals surface area contributed by atoms with Gasteiger partial charge in [0, 0.05) is 19.0 Å². The minimum Gasteiger partial charge on any atom is -0.449 e. The molecule has 26 heavy (non-hydrogen) atoms. The Morgan fingerprint density at radius 2 is 2.04 bits per heavy atom. The van der Waals surface area contributed by atoms with Gasteiger partial charge in [-0.25, -0.2) is 9.59 Å². The number of carbonyl (C=O) groups excluding carboxylic acids is 2. The molecule has 7 nitrogen and oxygen atoms in total. The van der Waals surface area contributed by atoms with Crippen molar-refractivity contribution in [2.45, 2.75) is 76.4 Å². The number of ether oxygens (including phenoxy) is 4. The number of nitrogens with zero attached hydrogens (tertiary/aromatic N) is 1. The second-order valence-electron chi connectivity index (χ2n) is 8.10. The van der Waals surface area contributed by atoms with E-state index in [9.17, 15) is 9.59 Å². The van der Waals surface area contributed by atoms with Crippen LogP contribution in [-0.2, 0) is 23.7 Å². The fourth-order valence-electron chi connectivity index (χ4n) is 3.84. The van der Waals surface area contributed by atoms with E-state index in [2.05, 4.69) is 0 Å². The smallest absolute Gasteiger partial charge is 0.410 e. The molecule has 3 aliphatic rings. The van der Waals surface area contributed by atoms with Crippen molar-refractivity contribution < 1.29 is 28.5 Å². The van der Waals surface area contributed by atoms with Crippen LogP contribution >= 0.6 is 0 Å². The van der Waals surface area contributed by atoms with Crippen molar-refractivity contribution in [1.82, 2.24) is 4.90 Å². The molecule has 0 aromatic rings. The number of hydrogen-bond donors (Lipinski definition) is 0. The van der Waals surface area contributed by atoms with E-state index in [1.807, 2.05) is 20.8 Å². The highest BCUT2D eigenvalue weighted by atomic mass is 16.7. The van der Waals surface area contributed by atoms with Crippen LogP contribution in [0.3, 0.4) is 0 Å². The molecule has 1 amide bonds. The summed E-state index contributed by atoms with van der Waals surface area (Å²) in [7, 11) is 0. The molecule has 0 unspecified atom stereocenters. The summed E-state index contributed by atoms with van der Waals surface area (Å²) in [6, 6.07) is -0.241. The van der Waals surface area contributed by atoms with Crippen LogP contribution in [0, 0.1) is 0 Å². The van der Waals surface area contributed by atoms with Crippen molar-refractivity contribution in [1.29, 1.82) is 0 Å². The summed E-state index contributed by atoms with van der Waals surface area (Å²) in [6.45, 7) is 7.32. The lowest BCUT2D eigenvalue weighted by Crippen LogP contribution is -2.57. The highest BCUT2D eigenvalue weighted by Crippen LogP contribution is 2.38. The maximum atomic E-state index is 12.8. The second kappa shape index (κ2) is 7.56. The highest BCUT2D eigenvalue weighted by molar-refractivity contribution is 5.85. The molecule has 146 valence electrons. The Balaban J connectivity index is 1.77. The first kappa shape index (κ1) is 19.2. The summed E-state index contributed by atoms with van der Waals surface area (Å²) >= 11 is 0. The van der Waals surface area contributed by atoms with Gasteiger partial charge in [0.25, 0.3) is 0 Å². The molecule has 0 saturated carbocycles. The van der Waals surface area contributed by atoms with E-state index < -0.39 is 11.2 Å². The molecule has 7 heteroatoms. The predicted molar refractivity (Wildman–Crippen MR) is 93.5 cm³/mol. The van der Waals surface area contributed by atoms with Crippen molar-refractivity contribution in [2.75, 3.05) is 19.8 Å².